The molecule has 0 aromatic heterocycles. The zero-order valence-electron chi connectivity index (χ0n) is 19.5. The molecule has 4 nitrogen and oxygen atoms in total. The summed E-state index contributed by atoms with van der Waals surface area (Å²) in [5, 5.41) is 0. The second-order valence-corrected chi connectivity index (χ2v) is 8.21. The molecule has 0 aliphatic rings. The van der Waals surface area contributed by atoms with Gasteiger partial charge in [-0.05, 0) is 61.1 Å². The molecule has 0 fully saturated rings. The van der Waals surface area contributed by atoms with E-state index in [9.17, 15) is 0 Å². The Morgan fingerprint density at radius 1 is 0.533 bits per heavy atom. The Bertz CT molecular complexity index is 635. The predicted octanol–water partition coefficient (Wildman–Crippen LogP) is 5.64. The van der Waals surface area contributed by atoms with Crippen LogP contribution in [0.5, 0.6) is 0 Å². The highest BCUT2D eigenvalue weighted by atomic mass is 15.1. The van der Waals surface area contributed by atoms with E-state index in [0.29, 0.717) is 0 Å². The van der Waals surface area contributed by atoms with Gasteiger partial charge in [0, 0.05) is 49.6 Å². The van der Waals surface area contributed by atoms with Gasteiger partial charge in [0.15, 0.2) is 0 Å². The largest absolute Gasteiger partial charge is 0.372 e. The number of anilines is 2. The lowest BCUT2D eigenvalue weighted by molar-refractivity contribution is 0.574. The van der Waals surface area contributed by atoms with Crippen molar-refractivity contribution in [2.75, 3.05) is 36.0 Å². The summed E-state index contributed by atoms with van der Waals surface area (Å²) < 4.78 is 0. The smallest absolute Gasteiger partial charge is 0.0491 e. The molecule has 30 heavy (non-hydrogen) atoms. The van der Waals surface area contributed by atoms with Crippen molar-refractivity contribution < 1.29 is 0 Å². The van der Waals surface area contributed by atoms with Gasteiger partial charge < -0.3 is 21.3 Å². The molecule has 2 aromatic rings. The lowest BCUT2D eigenvalue weighted by Gasteiger charge is -2.26. The predicted molar refractivity (Wildman–Crippen MR) is 132 cm³/mol. The fourth-order valence-electron chi connectivity index (χ4n) is 4.05. The molecule has 2 rings (SSSR count). The molecular weight excluding hydrogens is 368 g/mol. The van der Waals surface area contributed by atoms with Crippen molar-refractivity contribution in [1.29, 1.82) is 0 Å². The topological polar surface area (TPSA) is 58.5 Å². The minimum atomic E-state index is -0.224. The molecule has 0 amide bonds. The van der Waals surface area contributed by atoms with Crippen LogP contribution in [0.25, 0.3) is 0 Å². The van der Waals surface area contributed by atoms with Crippen molar-refractivity contribution in [1.82, 2.24) is 0 Å². The number of nitrogens with two attached hydrogens (primary N) is 2. The van der Waals surface area contributed by atoms with Gasteiger partial charge >= 0.3 is 0 Å². The van der Waals surface area contributed by atoms with Crippen molar-refractivity contribution in [3.63, 3.8) is 0 Å². The van der Waals surface area contributed by atoms with Crippen LogP contribution in [0.1, 0.15) is 76.6 Å². The van der Waals surface area contributed by atoms with Gasteiger partial charge in [-0.15, -0.1) is 0 Å². The Balaban J connectivity index is 2.10. The molecule has 4 heteroatoms. The first-order valence-corrected chi connectivity index (χ1v) is 11.8. The highest BCUT2D eigenvalue weighted by molar-refractivity contribution is 5.50. The lowest BCUT2D eigenvalue weighted by atomic mass is 9.94. The molecule has 0 saturated heterocycles. The van der Waals surface area contributed by atoms with E-state index in [1.807, 2.05) is 0 Å². The highest BCUT2D eigenvalue weighted by Gasteiger charge is 2.18. The molecule has 0 aliphatic heterocycles. The van der Waals surface area contributed by atoms with E-state index in [2.05, 4.69) is 86.0 Å². The number of hydrogen-bond acceptors (Lipinski definition) is 4. The number of nitrogens with zero attached hydrogens (tertiary/aromatic N) is 2. The van der Waals surface area contributed by atoms with E-state index in [1.165, 1.54) is 11.4 Å². The third kappa shape index (κ3) is 6.48. The first kappa shape index (κ1) is 24.2. The van der Waals surface area contributed by atoms with Gasteiger partial charge in [0.1, 0.15) is 0 Å². The normalized spacial score (nSPS) is 13.1. The van der Waals surface area contributed by atoms with E-state index in [0.717, 1.165) is 63.0 Å². The second kappa shape index (κ2) is 12.6. The fourth-order valence-corrected chi connectivity index (χ4v) is 4.05. The van der Waals surface area contributed by atoms with Gasteiger partial charge in [0.2, 0.25) is 0 Å². The van der Waals surface area contributed by atoms with Crippen LogP contribution in [-0.4, -0.2) is 26.2 Å². The highest BCUT2D eigenvalue weighted by Crippen LogP contribution is 2.28. The minimum absolute atomic E-state index is 0.224. The van der Waals surface area contributed by atoms with Crippen molar-refractivity contribution in [3.8, 4) is 0 Å². The summed E-state index contributed by atoms with van der Waals surface area (Å²) >= 11 is 0. The van der Waals surface area contributed by atoms with Crippen molar-refractivity contribution in [3.05, 3.63) is 59.7 Å². The first-order chi connectivity index (χ1) is 14.5. The summed E-state index contributed by atoms with van der Waals surface area (Å²) in [6.07, 6.45) is 4.60. The summed E-state index contributed by atoms with van der Waals surface area (Å²) in [5.74, 6) is 0. The maximum atomic E-state index is 6.56. The summed E-state index contributed by atoms with van der Waals surface area (Å²) in [4.78, 5) is 4.87. The Morgan fingerprint density at radius 2 is 0.800 bits per heavy atom. The van der Waals surface area contributed by atoms with Crippen LogP contribution >= 0.6 is 0 Å². The molecule has 4 N–H and O–H groups in total. The van der Waals surface area contributed by atoms with E-state index in [-0.39, 0.29) is 12.1 Å². The van der Waals surface area contributed by atoms with Crippen LogP contribution in [0.15, 0.2) is 48.5 Å². The summed E-state index contributed by atoms with van der Waals surface area (Å²) in [6, 6.07) is 16.8. The third-order valence-electron chi connectivity index (χ3n) is 5.65. The quantitative estimate of drug-likeness (QED) is 0.449. The molecule has 0 bridgehead atoms. The van der Waals surface area contributed by atoms with Crippen molar-refractivity contribution in [2.45, 2.75) is 65.5 Å². The first-order valence-electron chi connectivity index (χ1n) is 11.8. The number of rotatable bonds is 13. The van der Waals surface area contributed by atoms with Crippen LogP contribution in [-0.2, 0) is 0 Å². The van der Waals surface area contributed by atoms with Crippen LogP contribution in [0.2, 0.25) is 0 Å². The van der Waals surface area contributed by atoms with Gasteiger partial charge in [-0.1, -0.05) is 52.0 Å². The minimum Gasteiger partial charge on any atom is -0.372 e. The average Bonchev–Trinajstić information content (AvgIpc) is 2.78. The molecule has 0 spiro atoms. The van der Waals surface area contributed by atoms with Crippen LogP contribution in [0, 0.1) is 0 Å². The fraction of sp³-hybridized carbons (Fsp3) is 0.538. The summed E-state index contributed by atoms with van der Waals surface area (Å²) in [6.45, 7) is 13.2. The van der Waals surface area contributed by atoms with Crippen molar-refractivity contribution >= 4 is 11.4 Å². The maximum absolute atomic E-state index is 6.56. The molecular formula is C26H42N4. The van der Waals surface area contributed by atoms with Gasteiger partial charge in [-0.2, -0.15) is 0 Å². The monoisotopic (exact) mass is 410 g/mol. The molecule has 0 aliphatic carbocycles. The summed E-state index contributed by atoms with van der Waals surface area (Å²) in [7, 11) is 0. The van der Waals surface area contributed by atoms with E-state index in [4.69, 9.17) is 11.5 Å². The zero-order valence-corrected chi connectivity index (χ0v) is 19.5. The van der Waals surface area contributed by atoms with E-state index >= 15 is 0 Å². The van der Waals surface area contributed by atoms with Gasteiger partial charge in [0.05, 0.1) is 0 Å². The molecule has 2 atom stereocenters. The molecule has 0 saturated carbocycles. The molecule has 0 heterocycles. The SMILES string of the molecule is CCCN(CCC)c1ccc([C@H](N)[C@@H](N)c2ccc(N(CCC)CCC)cc2)cc1. The second-order valence-electron chi connectivity index (χ2n) is 8.21. The third-order valence-corrected chi connectivity index (χ3v) is 5.65. The lowest BCUT2D eigenvalue weighted by Crippen LogP contribution is -2.27. The molecule has 2 aromatic carbocycles. The van der Waals surface area contributed by atoms with Gasteiger partial charge in [-0.3, -0.25) is 0 Å². The Labute approximate surface area is 184 Å². The number of hydrogen-bond donors (Lipinski definition) is 2. The Morgan fingerprint density at radius 3 is 1.03 bits per heavy atom. The van der Waals surface area contributed by atoms with Crippen LogP contribution < -0.4 is 21.3 Å². The Hall–Kier alpha value is -2.04. The maximum Gasteiger partial charge on any atom is 0.0491 e. The van der Waals surface area contributed by atoms with Gasteiger partial charge in [0.25, 0.3) is 0 Å². The Kier molecular flexibility index (Phi) is 10.2. The molecule has 166 valence electrons. The average molecular weight is 411 g/mol. The summed E-state index contributed by atoms with van der Waals surface area (Å²) in [5.41, 5.74) is 17.8. The van der Waals surface area contributed by atoms with Crippen molar-refractivity contribution in [2.24, 2.45) is 11.5 Å². The van der Waals surface area contributed by atoms with E-state index in [1.54, 1.807) is 0 Å². The standard InChI is InChI=1S/C26H42N4/c1-5-17-29(18-6-2)23-13-9-21(10-14-23)25(27)26(28)22-11-15-24(16-12-22)30(19-7-3)20-8-4/h9-16,25-26H,5-8,17-20,27-28H2,1-4H3/t25-,26-/m0/s1. The molecule has 0 unspecified atom stereocenters. The zero-order chi connectivity index (χ0) is 21.9. The molecule has 0 radical (unpaired) electrons. The van der Waals surface area contributed by atoms with Crippen LogP contribution in [0.4, 0.5) is 11.4 Å². The van der Waals surface area contributed by atoms with E-state index < -0.39 is 0 Å². The number of benzene rings is 2. The van der Waals surface area contributed by atoms with Gasteiger partial charge in [-0.25, -0.2) is 0 Å². The van der Waals surface area contributed by atoms with Crippen LogP contribution in [0.3, 0.4) is 0 Å².